The van der Waals surface area contributed by atoms with E-state index >= 15 is 0 Å². The van der Waals surface area contributed by atoms with Gasteiger partial charge in [0.1, 0.15) is 6.10 Å². The van der Waals surface area contributed by atoms with Gasteiger partial charge in [-0.1, -0.05) is 31.2 Å². The van der Waals surface area contributed by atoms with Gasteiger partial charge in [-0.25, -0.2) is 0 Å². The van der Waals surface area contributed by atoms with Gasteiger partial charge in [-0.2, -0.15) is 0 Å². The van der Waals surface area contributed by atoms with E-state index in [1.54, 1.807) is 22.7 Å². The molecule has 0 fully saturated rings. The Balaban J connectivity index is 1.97. The van der Waals surface area contributed by atoms with Crippen molar-refractivity contribution in [2.75, 3.05) is 0 Å². The Kier molecular flexibility index (Phi) is 3.20. The predicted octanol–water partition coefficient (Wildman–Crippen LogP) is 4.61. The van der Waals surface area contributed by atoms with Crippen LogP contribution in [0.3, 0.4) is 0 Å². The van der Waals surface area contributed by atoms with Gasteiger partial charge in [0.2, 0.25) is 0 Å². The normalized spacial score (nSPS) is 13.0. The van der Waals surface area contributed by atoms with Crippen LogP contribution < -0.4 is 0 Å². The monoisotopic (exact) mass is 274 g/mol. The minimum Gasteiger partial charge on any atom is -0.383 e. The lowest BCUT2D eigenvalue weighted by molar-refractivity contribution is 0.224. The average molecular weight is 274 g/mol. The molecule has 2 aromatic heterocycles. The Labute approximate surface area is 114 Å². The summed E-state index contributed by atoms with van der Waals surface area (Å²) in [5.74, 6) is 0. The summed E-state index contributed by atoms with van der Waals surface area (Å²) < 4.78 is 2.53. The molecule has 1 nitrogen and oxygen atoms in total. The fraction of sp³-hybridized carbons (Fsp3) is 0.200. The van der Waals surface area contributed by atoms with E-state index in [1.807, 2.05) is 12.1 Å². The van der Waals surface area contributed by atoms with E-state index in [9.17, 15) is 5.11 Å². The molecule has 18 heavy (non-hydrogen) atoms. The van der Waals surface area contributed by atoms with Crippen LogP contribution in [0.25, 0.3) is 9.40 Å². The number of hydrogen-bond donors (Lipinski definition) is 1. The maximum Gasteiger partial charge on any atom is 0.113 e. The first-order valence-electron chi connectivity index (χ1n) is 6.02. The van der Waals surface area contributed by atoms with Gasteiger partial charge < -0.3 is 5.11 Å². The van der Waals surface area contributed by atoms with E-state index in [4.69, 9.17) is 0 Å². The van der Waals surface area contributed by atoms with Crippen molar-refractivity contribution in [1.29, 1.82) is 0 Å². The molecule has 1 aromatic carbocycles. The molecule has 0 aliphatic rings. The molecule has 0 radical (unpaired) electrons. The van der Waals surface area contributed by atoms with Crippen LogP contribution >= 0.6 is 22.7 Å². The van der Waals surface area contributed by atoms with Crippen molar-refractivity contribution >= 4 is 32.1 Å². The molecule has 2 heterocycles. The molecule has 0 spiro atoms. The van der Waals surface area contributed by atoms with Crippen molar-refractivity contribution in [2.45, 2.75) is 19.4 Å². The molecule has 3 heteroatoms. The highest BCUT2D eigenvalue weighted by Gasteiger charge is 2.14. The first-order chi connectivity index (χ1) is 8.78. The summed E-state index contributed by atoms with van der Waals surface area (Å²) in [6.45, 7) is 2.13. The Hall–Kier alpha value is -1.16. The number of aryl methyl sites for hydroxylation is 1. The molecular formula is C15H14OS2. The largest absolute Gasteiger partial charge is 0.383 e. The van der Waals surface area contributed by atoms with Gasteiger partial charge in [0.15, 0.2) is 0 Å². The molecule has 0 saturated carbocycles. The van der Waals surface area contributed by atoms with Crippen LogP contribution in [-0.4, -0.2) is 5.11 Å². The second-order valence-electron chi connectivity index (χ2n) is 4.30. The van der Waals surface area contributed by atoms with Crippen molar-refractivity contribution in [1.82, 2.24) is 0 Å². The van der Waals surface area contributed by atoms with Crippen LogP contribution in [0.15, 0.2) is 41.8 Å². The summed E-state index contributed by atoms with van der Waals surface area (Å²) in [4.78, 5) is 1.03. The first-order valence-corrected chi connectivity index (χ1v) is 7.71. The minimum absolute atomic E-state index is 0.499. The van der Waals surface area contributed by atoms with Crippen molar-refractivity contribution in [3.05, 3.63) is 57.8 Å². The second kappa shape index (κ2) is 4.84. The van der Waals surface area contributed by atoms with Gasteiger partial charge in [-0.05, 0) is 35.1 Å². The zero-order chi connectivity index (χ0) is 12.5. The standard InChI is InChI=1S/C15H14OS2/c1-2-10-4-3-5-11(8-10)15(16)14-9-13-12(18-14)6-7-17-13/h3-9,15-16H,2H2,1H3. The number of benzene rings is 1. The van der Waals surface area contributed by atoms with Gasteiger partial charge in [0.05, 0.1) is 0 Å². The lowest BCUT2D eigenvalue weighted by Crippen LogP contribution is -1.97. The minimum atomic E-state index is -0.499. The molecule has 0 aliphatic carbocycles. The maximum absolute atomic E-state index is 10.4. The third kappa shape index (κ3) is 2.09. The maximum atomic E-state index is 10.4. The highest BCUT2D eigenvalue weighted by Crippen LogP contribution is 2.35. The van der Waals surface area contributed by atoms with Crippen molar-refractivity contribution < 1.29 is 5.11 Å². The van der Waals surface area contributed by atoms with Crippen LogP contribution in [0.1, 0.15) is 29.0 Å². The van der Waals surface area contributed by atoms with Gasteiger partial charge >= 0.3 is 0 Å². The SMILES string of the molecule is CCc1cccc(C(O)c2cc3sccc3s2)c1. The number of thiophene rings is 2. The van der Waals surface area contributed by atoms with E-state index < -0.39 is 6.10 Å². The molecule has 0 aliphatic heterocycles. The number of fused-ring (bicyclic) bond motifs is 1. The molecule has 1 atom stereocenters. The van der Waals surface area contributed by atoms with Crippen LogP contribution in [0.2, 0.25) is 0 Å². The molecule has 3 aromatic rings. The zero-order valence-electron chi connectivity index (χ0n) is 10.1. The highest BCUT2D eigenvalue weighted by atomic mass is 32.1. The lowest BCUT2D eigenvalue weighted by atomic mass is 10.0. The van der Waals surface area contributed by atoms with Crippen LogP contribution in [0, 0.1) is 0 Å². The topological polar surface area (TPSA) is 20.2 Å². The highest BCUT2D eigenvalue weighted by molar-refractivity contribution is 7.26. The quantitative estimate of drug-likeness (QED) is 0.739. The molecule has 0 amide bonds. The van der Waals surface area contributed by atoms with Crippen molar-refractivity contribution in [3.63, 3.8) is 0 Å². The fourth-order valence-electron chi connectivity index (χ4n) is 2.07. The van der Waals surface area contributed by atoms with E-state index in [-0.39, 0.29) is 0 Å². The third-order valence-electron chi connectivity index (χ3n) is 3.10. The summed E-state index contributed by atoms with van der Waals surface area (Å²) in [7, 11) is 0. The smallest absolute Gasteiger partial charge is 0.113 e. The summed E-state index contributed by atoms with van der Waals surface area (Å²) in [5, 5.41) is 12.5. The van der Waals surface area contributed by atoms with Crippen LogP contribution in [-0.2, 0) is 6.42 Å². The first kappa shape index (κ1) is 11.9. The van der Waals surface area contributed by atoms with Crippen molar-refractivity contribution in [2.24, 2.45) is 0 Å². The molecule has 3 rings (SSSR count). The summed E-state index contributed by atoms with van der Waals surface area (Å²) in [6, 6.07) is 12.4. The zero-order valence-corrected chi connectivity index (χ0v) is 11.7. The van der Waals surface area contributed by atoms with E-state index in [1.165, 1.54) is 15.0 Å². The summed E-state index contributed by atoms with van der Waals surface area (Å²) in [6.07, 6.45) is 0.501. The van der Waals surface area contributed by atoms with Crippen LogP contribution in [0.5, 0.6) is 0 Å². The van der Waals surface area contributed by atoms with Crippen molar-refractivity contribution in [3.8, 4) is 0 Å². The van der Waals surface area contributed by atoms with Gasteiger partial charge in [0.25, 0.3) is 0 Å². The fourth-order valence-corrected chi connectivity index (χ4v) is 4.20. The van der Waals surface area contributed by atoms with E-state index in [2.05, 4.69) is 36.6 Å². The summed E-state index contributed by atoms with van der Waals surface area (Å²) >= 11 is 3.41. The van der Waals surface area contributed by atoms with Gasteiger partial charge in [-0.3, -0.25) is 0 Å². The predicted molar refractivity (Wildman–Crippen MR) is 79.6 cm³/mol. The van der Waals surface area contributed by atoms with E-state index in [0.717, 1.165) is 16.9 Å². The Morgan fingerprint density at radius 1 is 1.17 bits per heavy atom. The van der Waals surface area contributed by atoms with Gasteiger partial charge in [-0.15, -0.1) is 22.7 Å². The lowest BCUT2D eigenvalue weighted by Gasteiger charge is -2.10. The molecule has 1 unspecified atom stereocenters. The van der Waals surface area contributed by atoms with Crippen LogP contribution in [0.4, 0.5) is 0 Å². The number of aliphatic hydroxyl groups is 1. The third-order valence-corrected chi connectivity index (χ3v) is 5.25. The summed E-state index contributed by atoms with van der Waals surface area (Å²) in [5.41, 5.74) is 2.26. The Morgan fingerprint density at radius 3 is 2.83 bits per heavy atom. The number of rotatable bonds is 3. The number of hydrogen-bond acceptors (Lipinski definition) is 3. The molecule has 1 N–H and O–H groups in total. The second-order valence-corrected chi connectivity index (χ2v) is 6.36. The molecular weight excluding hydrogens is 260 g/mol. The molecule has 92 valence electrons. The van der Waals surface area contributed by atoms with E-state index in [0.29, 0.717) is 0 Å². The molecule has 0 bridgehead atoms. The Bertz CT molecular complexity index is 637. The van der Waals surface area contributed by atoms with Gasteiger partial charge in [0, 0.05) is 14.3 Å². The average Bonchev–Trinajstić information content (AvgIpc) is 2.98. The number of aliphatic hydroxyl groups excluding tert-OH is 1. The Morgan fingerprint density at radius 2 is 2.06 bits per heavy atom. The molecule has 0 saturated heterocycles.